The van der Waals surface area contributed by atoms with Crippen molar-refractivity contribution in [1.29, 1.82) is 0 Å². The Bertz CT molecular complexity index is 1120. The molecule has 10 heteroatoms. The topological polar surface area (TPSA) is 79.4 Å². The van der Waals surface area contributed by atoms with Crippen LogP contribution in [0.4, 0.5) is 13.2 Å². The average molecular weight is 437 g/mol. The lowest BCUT2D eigenvalue weighted by Gasteiger charge is -2.26. The van der Waals surface area contributed by atoms with Crippen LogP contribution in [0.2, 0.25) is 0 Å². The first kappa shape index (κ1) is 20.5. The number of carbonyl (C=O) groups excluding carboxylic acids is 1. The zero-order valence-corrected chi connectivity index (χ0v) is 16.6. The molecule has 1 aliphatic carbocycles. The third-order valence-corrected chi connectivity index (χ3v) is 6.87. The van der Waals surface area contributed by atoms with E-state index in [0.717, 1.165) is 22.7 Å². The molecule has 1 N–H and O–H groups in total. The van der Waals surface area contributed by atoms with E-state index in [4.69, 9.17) is 0 Å². The van der Waals surface area contributed by atoms with Crippen LogP contribution in [0, 0.1) is 17.5 Å². The lowest BCUT2D eigenvalue weighted by atomic mass is 10.1. The fraction of sp³-hybridized carbons (Fsp3) is 0.300. The normalized spacial score (nSPS) is 17.5. The molecule has 158 valence electrons. The van der Waals surface area contributed by atoms with E-state index in [1.165, 1.54) is 0 Å². The van der Waals surface area contributed by atoms with Gasteiger partial charge in [0.05, 0.1) is 5.69 Å². The molecule has 1 aliphatic heterocycles. The molecular formula is C20H18F3N3O3S. The number of hydrogen-bond donors (Lipinski definition) is 1. The van der Waals surface area contributed by atoms with Gasteiger partial charge in [0.15, 0.2) is 4.90 Å². The van der Waals surface area contributed by atoms with Crippen molar-refractivity contribution in [2.75, 3.05) is 13.1 Å². The minimum absolute atomic E-state index is 0.0371. The van der Waals surface area contributed by atoms with Gasteiger partial charge in [0.25, 0.3) is 5.91 Å². The highest BCUT2D eigenvalue weighted by atomic mass is 32.2. The second kappa shape index (κ2) is 7.84. The molecule has 0 spiro atoms. The quantitative estimate of drug-likeness (QED) is 0.780. The first-order valence-electron chi connectivity index (χ1n) is 9.38. The van der Waals surface area contributed by atoms with Crippen LogP contribution < -0.4 is 5.32 Å². The second-order valence-electron chi connectivity index (χ2n) is 7.20. The van der Waals surface area contributed by atoms with E-state index >= 15 is 0 Å². The third kappa shape index (κ3) is 4.10. The Morgan fingerprint density at radius 2 is 1.83 bits per heavy atom. The van der Waals surface area contributed by atoms with E-state index in [1.807, 2.05) is 0 Å². The van der Waals surface area contributed by atoms with Crippen molar-refractivity contribution in [3.63, 3.8) is 0 Å². The molecule has 4 rings (SSSR count). The number of halogens is 3. The Morgan fingerprint density at radius 1 is 1.13 bits per heavy atom. The number of nitrogens with zero attached hydrogens (tertiary/aromatic N) is 2. The van der Waals surface area contributed by atoms with Crippen LogP contribution in [0.1, 0.15) is 35.4 Å². The van der Waals surface area contributed by atoms with E-state index in [-0.39, 0.29) is 37.2 Å². The first-order valence-corrected chi connectivity index (χ1v) is 10.8. The number of hydrogen-bond acceptors (Lipinski definition) is 4. The number of amides is 1. The SMILES string of the molecule is O=C(NC1CC1)c1cccc(C2=CCN(S(=O)(=O)c3c(F)cc(F)cc3F)CC2)n1. The van der Waals surface area contributed by atoms with Gasteiger partial charge in [-0.1, -0.05) is 12.1 Å². The van der Waals surface area contributed by atoms with E-state index in [2.05, 4.69) is 10.3 Å². The predicted octanol–water partition coefficient (Wildman–Crippen LogP) is 2.87. The molecule has 1 aromatic carbocycles. The lowest BCUT2D eigenvalue weighted by Crippen LogP contribution is -2.35. The molecule has 1 fully saturated rings. The molecule has 0 unspecified atom stereocenters. The highest BCUT2D eigenvalue weighted by molar-refractivity contribution is 7.89. The summed E-state index contributed by atoms with van der Waals surface area (Å²) in [6.45, 7) is -0.168. The van der Waals surface area contributed by atoms with Crippen LogP contribution in [0.3, 0.4) is 0 Å². The van der Waals surface area contributed by atoms with Crippen molar-refractivity contribution in [3.05, 3.63) is 65.2 Å². The molecule has 2 aromatic rings. The first-order chi connectivity index (χ1) is 14.3. The Kier molecular flexibility index (Phi) is 5.37. The van der Waals surface area contributed by atoms with Crippen molar-refractivity contribution >= 4 is 21.5 Å². The van der Waals surface area contributed by atoms with Gasteiger partial charge in [0, 0.05) is 31.3 Å². The van der Waals surface area contributed by atoms with Gasteiger partial charge in [-0.05, 0) is 37.0 Å². The zero-order chi connectivity index (χ0) is 21.5. The fourth-order valence-electron chi connectivity index (χ4n) is 3.23. The molecule has 2 heterocycles. The maximum atomic E-state index is 14.0. The minimum atomic E-state index is -4.49. The molecule has 6 nitrogen and oxygen atoms in total. The van der Waals surface area contributed by atoms with Crippen molar-refractivity contribution in [2.45, 2.75) is 30.2 Å². The van der Waals surface area contributed by atoms with Crippen LogP contribution in [-0.4, -0.2) is 42.7 Å². The summed E-state index contributed by atoms with van der Waals surface area (Å²) in [5, 5.41) is 2.85. The highest BCUT2D eigenvalue weighted by Crippen LogP contribution is 2.28. The summed E-state index contributed by atoms with van der Waals surface area (Å²) in [5.74, 6) is -4.40. The van der Waals surface area contributed by atoms with Gasteiger partial charge in [-0.15, -0.1) is 0 Å². The summed E-state index contributed by atoms with van der Waals surface area (Å²) in [7, 11) is -4.49. The minimum Gasteiger partial charge on any atom is -0.348 e. The zero-order valence-electron chi connectivity index (χ0n) is 15.7. The van der Waals surface area contributed by atoms with Crippen molar-refractivity contribution < 1.29 is 26.4 Å². The van der Waals surface area contributed by atoms with Gasteiger partial charge in [0.1, 0.15) is 23.1 Å². The molecule has 1 aromatic heterocycles. The molecule has 0 saturated heterocycles. The number of benzene rings is 1. The van der Waals surface area contributed by atoms with Gasteiger partial charge >= 0.3 is 0 Å². The summed E-state index contributed by atoms with van der Waals surface area (Å²) in [6, 6.07) is 5.87. The van der Waals surface area contributed by atoms with E-state index in [9.17, 15) is 26.4 Å². The largest absolute Gasteiger partial charge is 0.348 e. The van der Waals surface area contributed by atoms with E-state index < -0.39 is 32.4 Å². The average Bonchev–Trinajstić information content (AvgIpc) is 3.51. The van der Waals surface area contributed by atoms with Crippen molar-refractivity contribution in [2.24, 2.45) is 0 Å². The lowest BCUT2D eigenvalue weighted by molar-refractivity contribution is 0.0946. The Hall–Kier alpha value is -2.72. The molecular weight excluding hydrogens is 419 g/mol. The number of pyridine rings is 1. The number of aromatic nitrogens is 1. The molecule has 1 saturated carbocycles. The van der Waals surface area contributed by atoms with E-state index in [1.54, 1.807) is 24.3 Å². The molecule has 2 aliphatic rings. The predicted molar refractivity (Wildman–Crippen MR) is 102 cm³/mol. The smallest absolute Gasteiger partial charge is 0.270 e. The van der Waals surface area contributed by atoms with Crippen LogP contribution in [-0.2, 0) is 10.0 Å². The Balaban J connectivity index is 1.54. The maximum Gasteiger partial charge on any atom is 0.270 e. The Morgan fingerprint density at radius 3 is 2.43 bits per heavy atom. The number of rotatable bonds is 5. The van der Waals surface area contributed by atoms with Gasteiger partial charge in [-0.25, -0.2) is 26.6 Å². The standard InChI is InChI=1S/C20H18F3N3O3S/c21-13-10-15(22)19(16(23)11-13)30(28,29)26-8-6-12(7-9-26)17-2-1-3-18(25-17)20(27)24-14-4-5-14/h1-3,6,10-11,14H,4-5,7-9H2,(H,24,27). The van der Waals surface area contributed by atoms with E-state index in [0.29, 0.717) is 17.8 Å². The van der Waals surface area contributed by atoms with Gasteiger partial charge in [0.2, 0.25) is 10.0 Å². The molecule has 1 amide bonds. The van der Waals surface area contributed by atoms with Crippen LogP contribution in [0.25, 0.3) is 5.57 Å². The summed E-state index contributed by atoms with van der Waals surface area (Å²) < 4.78 is 67.3. The number of carbonyl (C=O) groups is 1. The summed E-state index contributed by atoms with van der Waals surface area (Å²) in [5.41, 5.74) is 1.53. The number of sulfonamides is 1. The van der Waals surface area contributed by atoms with Crippen molar-refractivity contribution in [1.82, 2.24) is 14.6 Å². The molecule has 30 heavy (non-hydrogen) atoms. The van der Waals surface area contributed by atoms with Crippen molar-refractivity contribution in [3.8, 4) is 0 Å². The summed E-state index contributed by atoms with van der Waals surface area (Å²) in [6.07, 6.45) is 3.74. The van der Waals surface area contributed by atoms with Crippen LogP contribution >= 0.6 is 0 Å². The monoisotopic (exact) mass is 437 g/mol. The van der Waals surface area contributed by atoms with Crippen LogP contribution in [0.5, 0.6) is 0 Å². The number of nitrogens with one attached hydrogen (secondary N) is 1. The molecule has 0 bridgehead atoms. The highest BCUT2D eigenvalue weighted by Gasteiger charge is 2.32. The summed E-state index contributed by atoms with van der Waals surface area (Å²) in [4.78, 5) is 15.4. The van der Waals surface area contributed by atoms with Gasteiger partial charge in [-0.2, -0.15) is 4.31 Å². The summed E-state index contributed by atoms with van der Waals surface area (Å²) >= 11 is 0. The fourth-order valence-corrected chi connectivity index (χ4v) is 4.70. The maximum absolute atomic E-state index is 14.0. The van der Waals surface area contributed by atoms with Gasteiger partial charge in [-0.3, -0.25) is 4.79 Å². The Labute approximate surface area is 171 Å². The van der Waals surface area contributed by atoms with Crippen LogP contribution in [0.15, 0.2) is 41.3 Å². The van der Waals surface area contributed by atoms with Gasteiger partial charge < -0.3 is 5.32 Å². The third-order valence-electron chi connectivity index (χ3n) is 4.96. The second-order valence-corrected chi connectivity index (χ2v) is 9.07. The molecule has 0 radical (unpaired) electrons. The molecule has 0 atom stereocenters.